The lowest BCUT2D eigenvalue weighted by Crippen LogP contribution is -2.17. The first-order valence-corrected chi connectivity index (χ1v) is 6.78. The maximum atomic E-state index is 12.2. The molecule has 1 N–H and O–H groups in total. The predicted octanol–water partition coefficient (Wildman–Crippen LogP) is 3.12. The summed E-state index contributed by atoms with van der Waals surface area (Å²) >= 11 is 0. The second-order valence-corrected chi connectivity index (χ2v) is 4.94. The highest BCUT2D eigenvalue weighted by atomic mass is 19.4. The third-order valence-corrected chi connectivity index (χ3v) is 3.22. The van der Waals surface area contributed by atoms with Crippen LogP contribution in [0.5, 0.6) is 5.75 Å². The fourth-order valence-corrected chi connectivity index (χ4v) is 2.13. The molecule has 0 unspecified atom stereocenters. The van der Waals surface area contributed by atoms with Gasteiger partial charge >= 0.3 is 6.36 Å². The summed E-state index contributed by atoms with van der Waals surface area (Å²) in [5, 5.41) is 10.4. The fraction of sp³-hybridized carbons (Fsp3) is 0.133. The lowest BCUT2D eigenvalue weighted by Gasteiger charge is -2.10. The molecule has 0 fully saturated rings. The molecule has 2 aromatic carbocycles. The number of carbonyl (C=O) groups is 1. The lowest BCUT2D eigenvalue weighted by molar-refractivity contribution is -0.274. The quantitative estimate of drug-likeness (QED) is 0.798. The van der Waals surface area contributed by atoms with Crippen molar-refractivity contribution in [3.8, 4) is 5.75 Å². The monoisotopic (exact) mass is 336 g/mol. The number of ether oxygens (including phenoxy) is 1. The minimum Gasteiger partial charge on any atom is -0.406 e. The van der Waals surface area contributed by atoms with Crippen LogP contribution in [0.3, 0.4) is 0 Å². The summed E-state index contributed by atoms with van der Waals surface area (Å²) in [6, 6.07) is 9.79. The Morgan fingerprint density at radius 3 is 2.54 bits per heavy atom. The number of aryl methyl sites for hydroxylation is 1. The van der Waals surface area contributed by atoms with Crippen LogP contribution >= 0.6 is 0 Å². The van der Waals surface area contributed by atoms with E-state index in [0.717, 1.165) is 17.6 Å². The van der Waals surface area contributed by atoms with E-state index < -0.39 is 12.3 Å². The van der Waals surface area contributed by atoms with Crippen molar-refractivity contribution in [1.82, 2.24) is 15.0 Å². The number of hydrogen-bond acceptors (Lipinski definition) is 4. The number of halogens is 3. The van der Waals surface area contributed by atoms with E-state index in [4.69, 9.17) is 0 Å². The maximum Gasteiger partial charge on any atom is 0.573 e. The van der Waals surface area contributed by atoms with Crippen molar-refractivity contribution in [3.63, 3.8) is 0 Å². The van der Waals surface area contributed by atoms with Crippen LogP contribution in [-0.2, 0) is 7.05 Å². The molecule has 6 nitrogen and oxygen atoms in total. The predicted molar refractivity (Wildman–Crippen MR) is 79.6 cm³/mol. The highest BCUT2D eigenvalue weighted by Crippen LogP contribution is 2.24. The van der Waals surface area contributed by atoms with Gasteiger partial charge in [-0.2, -0.15) is 0 Å². The maximum absolute atomic E-state index is 12.2. The number of anilines is 1. The molecule has 0 radical (unpaired) electrons. The highest BCUT2D eigenvalue weighted by molar-refractivity contribution is 6.05. The van der Waals surface area contributed by atoms with E-state index in [2.05, 4.69) is 20.4 Å². The molecule has 1 aromatic heterocycles. The number of hydrogen-bond donors (Lipinski definition) is 1. The first-order chi connectivity index (χ1) is 11.3. The molecular weight excluding hydrogens is 325 g/mol. The van der Waals surface area contributed by atoms with Crippen LogP contribution in [0.25, 0.3) is 11.0 Å². The Kier molecular flexibility index (Phi) is 3.84. The van der Waals surface area contributed by atoms with Crippen LogP contribution in [-0.4, -0.2) is 27.3 Å². The molecule has 0 spiro atoms. The molecule has 1 amide bonds. The number of amides is 1. The van der Waals surface area contributed by atoms with Gasteiger partial charge in [-0.15, -0.1) is 18.3 Å². The Morgan fingerprint density at radius 1 is 1.17 bits per heavy atom. The highest BCUT2D eigenvalue weighted by Gasteiger charge is 2.30. The minimum absolute atomic E-state index is 0.341. The van der Waals surface area contributed by atoms with Gasteiger partial charge in [-0.3, -0.25) is 4.79 Å². The van der Waals surface area contributed by atoms with Gasteiger partial charge in [-0.1, -0.05) is 5.21 Å². The zero-order chi connectivity index (χ0) is 17.3. The summed E-state index contributed by atoms with van der Waals surface area (Å²) in [6.07, 6.45) is -4.75. The first kappa shape index (κ1) is 15.8. The van der Waals surface area contributed by atoms with Crippen molar-refractivity contribution < 1.29 is 22.7 Å². The van der Waals surface area contributed by atoms with Gasteiger partial charge in [0.25, 0.3) is 5.91 Å². The molecule has 3 aromatic rings. The van der Waals surface area contributed by atoms with Gasteiger partial charge < -0.3 is 10.1 Å². The van der Waals surface area contributed by atoms with Crippen molar-refractivity contribution in [2.24, 2.45) is 7.05 Å². The van der Waals surface area contributed by atoms with E-state index in [9.17, 15) is 18.0 Å². The number of aromatic nitrogens is 3. The largest absolute Gasteiger partial charge is 0.573 e. The molecule has 3 rings (SSSR count). The van der Waals surface area contributed by atoms with Crippen LogP contribution in [0.2, 0.25) is 0 Å². The molecule has 0 atom stereocenters. The molecule has 1 heterocycles. The Morgan fingerprint density at radius 2 is 1.88 bits per heavy atom. The molecule has 0 aliphatic carbocycles. The van der Waals surface area contributed by atoms with Gasteiger partial charge in [0.2, 0.25) is 0 Å². The molecule has 124 valence electrons. The normalized spacial score (nSPS) is 11.5. The number of fused-ring (bicyclic) bond motifs is 1. The summed E-state index contributed by atoms with van der Waals surface area (Å²) in [6.45, 7) is 0. The van der Waals surface area contributed by atoms with Crippen molar-refractivity contribution >= 4 is 22.6 Å². The Bertz CT molecular complexity index is 888. The topological polar surface area (TPSA) is 69.0 Å². The number of benzene rings is 2. The Balaban J connectivity index is 1.73. The molecule has 0 aliphatic heterocycles. The number of nitrogens with zero attached hydrogens (tertiary/aromatic N) is 3. The van der Waals surface area contributed by atoms with Gasteiger partial charge in [0, 0.05) is 18.3 Å². The van der Waals surface area contributed by atoms with E-state index in [-0.39, 0.29) is 5.75 Å². The summed E-state index contributed by atoms with van der Waals surface area (Å²) in [5.41, 5.74) is 2.05. The summed E-state index contributed by atoms with van der Waals surface area (Å²) in [5.74, 6) is -0.770. The van der Waals surface area contributed by atoms with Crippen LogP contribution in [0.15, 0.2) is 42.5 Å². The zero-order valence-corrected chi connectivity index (χ0v) is 12.3. The number of alkyl halides is 3. The van der Waals surface area contributed by atoms with Gasteiger partial charge in [-0.05, 0) is 42.5 Å². The summed E-state index contributed by atoms with van der Waals surface area (Å²) in [4.78, 5) is 12.2. The Hall–Kier alpha value is -3.10. The number of nitrogens with one attached hydrogen (secondary N) is 1. The molecule has 0 saturated heterocycles. The third kappa shape index (κ3) is 3.45. The molecule has 0 saturated carbocycles. The van der Waals surface area contributed by atoms with Crippen LogP contribution < -0.4 is 10.1 Å². The second-order valence-electron chi connectivity index (χ2n) is 4.94. The zero-order valence-electron chi connectivity index (χ0n) is 12.3. The summed E-state index contributed by atoms with van der Waals surface area (Å²) < 4.78 is 41.6. The molecular formula is C15H11F3N4O2. The molecule has 0 bridgehead atoms. The van der Waals surface area contributed by atoms with E-state index in [0.29, 0.717) is 16.8 Å². The minimum atomic E-state index is -4.75. The average molecular weight is 336 g/mol. The lowest BCUT2D eigenvalue weighted by atomic mass is 10.2. The van der Waals surface area contributed by atoms with Gasteiger partial charge in [0.05, 0.1) is 5.52 Å². The molecule has 9 heteroatoms. The van der Waals surface area contributed by atoms with E-state index >= 15 is 0 Å². The van der Waals surface area contributed by atoms with E-state index in [1.165, 1.54) is 12.1 Å². The standard InChI is InChI=1S/C15H11F3N4O2/c1-22-13-7-2-9(8-12(13)20-21-22)14(23)19-10-3-5-11(6-4-10)24-15(16,17)18/h2-8H,1H3,(H,19,23). The number of rotatable bonds is 3. The first-order valence-electron chi connectivity index (χ1n) is 6.78. The van der Waals surface area contributed by atoms with Crippen molar-refractivity contribution in [3.05, 3.63) is 48.0 Å². The molecule has 0 aliphatic rings. The van der Waals surface area contributed by atoms with Crippen molar-refractivity contribution in [2.45, 2.75) is 6.36 Å². The van der Waals surface area contributed by atoms with Crippen molar-refractivity contribution in [1.29, 1.82) is 0 Å². The van der Waals surface area contributed by atoms with Crippen molar-refractivity contribution in [2.75, 3.05) is 5.32 Å². The van der Waals surface area contributed by atoms with Crippen LogP contribution in [0.4, 0.5) is 18.9 Å². The third-order valence-electron chi connectivity index (χ3n) is 3.22. The second kappa shape index (κ2) is 5.84. The average Bonchev–Trinajstić information content (AvgIpc) is 2.88. The van der Waals surface area contributed by atoms with E-state index in [1.807, 2.05) is 0 Å². The van der Waals surface area contributed by atoms with Crippen LogP contribution in [0, 0.1) is 0 Å². The Labute approximate surface area is 133 Å². The van der Waals surface area contributed by atoms with Crippen LogP contribution in [0.1, 0.15) is 10.4 Å². The SMILES string of the molecule is Cn1nnc2cc(C(=O)Nc3ccc(OC(F)(F)F)cc3)ccc21. The van der Waals surface area contributed by atoms with E-state index in [1.54, 1.807) is 29.9 Å². The number of carbonyl (C=O) groups excluding carboxylic acids is 1. The van der Waals surface area contributed by atoms with Gasteiger partial charge in [-0.25, -0.2) is 4.68 Å². The fourth-order valence-electron chi connectivity index (χ4n) is 2.13. The van der Waals surface area contributed by atoms with Gasteiger partial charge in [0.15, 0.2) is 0 Å². The molecule has 24 heavy (non-hydrogen) atoms. The smallest absolute Gasteiger partial charge is 0.406 e. The van der Waals surface area contributed by atoms with Gasteiger partial charge in [0.1, 0.15) is 11.3 Å². The summed E-state index contributed by atoms with van der Waals surface area (Å²) in [7, 11) is 1.74.